The van der Waals surface area contributed by atoms with E-state index in [9.17, 15) is 0 Å². The van der Waals surface area contributed by atoms with Crippen molar-refractivity contribution in [3.05, 3.63) is 23.8 Å². The van der Waals surface area contributed by atoms with Crippen molar-refractivity contribution in [3.63, 3.8) is 0 Å². The second-order valence-corrected chi connectivity index (χ2v) is 7.32. The summed E-state index contributed by atoms with van der Waals surface area (Å²) >= 11 is 1.69. The average molecular weight is 346 g/mol. The Hall–Kier alpha value is -1.53. The second kappa shape index (κ2) is 7.15. The molecule has 1 aromatic carbocycles. The molecule has 0 N–H and O–H groups in total. The highest BCUT2D eigenvalue weighted by atomic mass is 32.2. The molecule has 1 aromatic heterocycles. The summed E-state index contributed by atoms with van der Waals surface area (Å²) in [5.74, 6) is 1.11. The lowest BCUT2D eigenvalue weighted by atomic mass is 10.1. The predicted molar refractivity (Wildman–Crippen MR) is 106 cm³/mol. The van der Waals surface area contributed by atoms with Crippen LogP contribution in [0.15, 0.2) is 23.2 Å². The molecule has 24 heavy (non-hydrogen) atoms. The fourth-order valence-electron chi connectivity index (χ4n) is 3.40. The maximum atomic E-state index is 4.81. The Kier molecular flexibility index (Phi) is 5.15. The van der Waals surface area contributed by atoms with Crippen LogP contribution in [0.3, 0.4) is 0 Å². The first-order valence-corrected chi connectivity index (χ1v) is 9.74. The van der Waals surface area contributed by atoms with Crippen LogP contribution in [0, 0.1) is 0 Å². The van der Waals surface area contributed by atoms with Gasteiger partial charge in [-0.25, -0.2) is 0 Å². The molecule has 3 rings (SSSR count). The monoisotopic (exact) mass is 345 g/mol. The van der Waals surface area contributed by atoms with Gasteiger partial charge >= 0.3 is 0 Å². The molecule has 1 fully saturated rings. The molecule has 0 spiro atoms. The zero-order valence-electron chi connectivity index (χ0n) is 15.3. The number of aryl methyl sites for hydroxylation is 1. The first-order chi connectivity index (χ1) is 11.5. The summed E-state index contributed by atoms with van der Waals surface area (Å²) in [6, 6.07) is 7.16. The standard InChI is InChI=1S/C18H27N5S/c1-13(2)22-8-10-23(11-9-22)17-15-12-14(18(19-3)24-5)6-7-16(15)21(4)20-17/h6-7,12-13H,8-11H2,1-5H3. The number of aliphatic imine (C=N–C) groups is 1. The predicted octanol–water partition coefficient (Wildman–Crippen LogP) is 2.84. The number of piperazine rings is 1. The zero-order chi connectivity index (χ0) is 17.3. The third kappa shape index (κ3) is 3.17. The number of anilines is 1. The molecule has 2 aromatic rings. The summed E-state index contributed by atoms with van der Waals surface area (Å²) in [4.78, 5) is 9.35. The Morgan fingerprint density at radius 3 is 2.50 bits per heavy atom. The largest absolute Gasteiger partial charge is 0.352 e. The maximum absolute atomic E-state index is 4.81. The highest BCUT2D eigenvalue weighted by molar-refractivity contribution is 8.13. The van der Waals surface area contributed by atoms with Crippen LogP contribution in [0.25, 0.3) is 10.9 Å². The number of nitrogens with zero attached hydrogens (tertiary/aromatic N) is 5. The number of rotatable bonds is 3. The molecule has 0 aliphatic carbocycles. The van der Waals surface area contributed by atoms with Crippen molar-refractivity contribution in [1.29, 1.82) is 0 Å². The van der Waals surface area contributed by atoms with Gasteiger partial charge in [0.25, 0.3) is 0 Å². The summed E-state index contributed by atoms with van der Waals surface area (Å²) in [6.45, 7) is 8.81. The lowest BCUT2D eigenvalue weighted by Gasteiger charge is -2.37. The average Bonchev–Trinajstić information content (AvgIpc) is 2.92. The second-order valence-electron chi connectivity index (χ2n) is 6.53. The quantitative estimate of drug-likeness (QED) is 0.633. The molecule has 1 aliphatic heterocycles. The number of thioether (sulfide) groups is 1. The van der Waals surface area contributed by atoms with E-state index in [2.05, 4.69) is 53.1 Å². The van der Waals surface area contributed by atoms with Gasteiger partial charge in [-0.2, -0.15) is 5.10 Å². The summed E-state index contributed by atoms with van der Waals surface area (Å²) < 4.78 is 1.99. The molecule has 2 heterocycles. The molecule has 6 heteroatoms. The third-order valence-electron chi connectivity index (χ3n) is 4.82. The van der Waals surface area contributed by atoms with Gasteiger partial charge in [-0.05, 0) is 32.2 Å². The lowest BCUT2D eigenvalue weighted by Crippen LogP contribution is -2.49. The van der Waals surface area contributed by atoms with Crippen LogP contribution < -0.4 is 4.90 Å². The summed E-state index contributed by atoms with van der Waals surface area (Å²) in [7, 11) is 3.88. The highest BCUT2D eigenvalue weighted by Crippen LogP contribution is 2.29. The van der Waals surface area contributed by atoms with E-state index in [4.69, 9.17) is 5.10 Å². The maximum Gasteiger partial charge on any atom is 0.158 e. The third-order valence-corrected chi connectivity index (χ3v) is 5.62. The Morgan fingerprint density at radius 1 is 1.21 bits per heavy atom. The van der Waals surface area contributed by atoms with Gasteiger partial charge in [0.1, 0.15) is 0 Å². The van der Waals surface area contributed by atoms with Crippen LogP contribution in [0.1, 0.15) is 19.4 Å². The number of fused-ring (bicyclic) bond motifs is 1. The molecule has 0 unspecified atom stereocenters. The van der Waals surface area contributed by atoms with Gasteiger partial charge < -0.3 is 4.90 Å². The van der Waals surface area contributed by atoms with E-state index < -0.39 is 0 Å². The SMILES string of the molecule is CN=C(SC)c1ccc2c(c1)c(N1CCN(C(C)C)CC1)nn2C. The van der Waals surface area contributed by atoms with Gasteiger partial charge in [0.15, 0.2) is 5.82 Å². The molecule has 0 amide bonds. The summed E-state index contributed by atoms with van der Waals surface area (Å²) in [5, 5.41) is 7.10. The van der Waals surface area contributed by atoms with Crippen LogP contribution in [-0.4, -0.2) is 65.2 Å². The van der Waals surface area contributed by atoms with Gasteiger partial charge in [0, 0.05) is 57.3 Å². The fourth-order valence-corrected chi connectivity index (χ4v) is 3.95. The molecular formula is C18H27N5S. The molecule has 1 saturated heterocycles. The number of hydrogen-bond donors (Lipinski definition) is 0. The summed E-state index contributed by atoms with van der Waals surface area (Å²) in [5.41, 5.74) is 2.35. The van der Waals surface area contributed by atoms with E-state index in [-0.39, 0.29) is 0 Å². The molecule has 0 radical (unpaired) electrons. The van der Waals surface area contributed by atoms with Crippen molar-refractivity contribution in [1.82, 2.24) is 14.7 Å². The van der Waals surface area contributed by atoms with Crippen molar-refractivity contribution >= 4 is 33.5 Å². The van der Waals surface area contributed by atoms with Crippen molar-refractivity contribution in [2.75, 3.05) is 44.4 Å². The first kappa shape index (κ1) is 17.3. The Labute approximate surface area is 148 Å². The van der Waals surface area contributed by atoms with Gasteiger partial charge in [0.2, 0.25) is 0 Å². The van der Waals surface area contributed by atoms with E-state index in [1.54, 1.807) is 11.8 Å². The van der Waals surface area contributed by atoms with E-state index >= 15 is 0 Å². The van der Waals surface area contributed by atoms with E-state index in [0.717, 1.165) is 37.0 Å². The normalized spacial score (nSPS) is 17.2. The van der Waals surface area contributed by atoms with E-state index in [1.165, 1.54) is 16.5 Å². The first-order valence-electron chi connectivity index (χ1n) is 8.52. The zero-order valence-corrected chi connectivity index (χ0v) is 16.1. The molecule has 0 saturated carbocycles. The number of benzene rings is 1. The molecule has 130 valence electrons. The highest BCUT2D eigenvalue weighted by Gasteiger charge is 2.23. The van der Waals surface area contributed by atoms with Crippen LogP contribution in [-0.2, 0) is 7.05 Å². The van der Waals surface area contributed by atoms with Crippen LogP contribution in [0.4, 0.5) is 5.82 Å². The lowest BCUT2D eigenvalue weighted by molar-refractivity contribution is 0.209. The topological polar surface area (TPSA) is 36.7 Å². The minimum Gasteiger partial charge on any atom is -0.352 e. The minimum absolute atomic E-state index is 0.615. The van der Waals surface area contributed by atoms with Gasteiger partial charge in [-0.1, -0.05) is 6.07 Å². The Balaban J connectivity index is 1.95. The Morgan fingerprint density at radius 2 is 1.92 bits per heavy atom. The number of hydrogen-bond acceptors (Lipinski definition) is 5. The molecule has 0 atom stereocenters. The van der Waals surface area contributed by atoms with Crippen LogP contribution in [0.5, 0.6) is 0 Å². The van der Waals surface area contributed by atoms with Crippen LogP contribution in [0.2, 0.25) is 0 Å². The Bertz CT molecular complexity index is 741. The molecule has 0 bridgehead atoms. The van der Waals surface area contributed by atoms with Gasteiger partial charge in [-0.3, -0.25) is 14.6 Å². The summed E-state index contributed by atoms with van der Waals surface area (Å²) in [6.07, 6.45) is 2.07. The van der Waals surface area contributed by atoms with Gasteiger partial charge in [-0.15, -0.1) is 11.8 Å². The van der Waals surface area contributed by atoms with Crippen molar-refractivity contribution in [2.45, 2.75) is 19.9 Å². The van der Waals surface area contributed by atoms with Crippen molar-refractivity contribution in [2.24, 2.45) is 12.0 Å². The van der Waals surface area contributed by atoms with Crippen LogP contribution >= 0.6 is 11.8 Å². The fraction of sp³-hybridized carbons (Fsp3) is 0.556. The molecular weight excluding hydrogens is 318 g/mol. The minimum atomic E-state index is 0.615. The van der Waals surface area contributed by atoms with E-state index in [1.807, 2.05) is 18.8 Å². The van der Waals surface area contributed by atoms with Crippen molar-refractivity contribution in [3.8, 4) is 0 Å². The molecule has 1 aliphatic rings. The smallest absolute Gasteiger partial charge is 0.158 e. The van der Waals surface area contributed by atoms with E-state index in [0.29, 0.717) is 6.04 Å². The van der Waals surface area contributed by atoms with Crippen molar-refractivity contribution < 1.29 is 0 Å². The van der Waals surface area contributed by atoms with Gasteiger partial charge in [0.05, 0.1) is 10.6 Å². The number of aromatic nitrogens is 2. The molecule has 5 nitrogen and oxygen atoms in total.